The Hall–Kier alpha value is -2.52. The van der Waals surface area contributed by atoms with Crippen molar-refractivity contribution < 1.29 is 21.7 Å². The Labute approximate surface area is 142 Å². The summed E-state index contributed by atoms with van der Waals surface area (Å²) in [6, 6.07) is 21.9. The molecule has 4 heteroatoms. The molecule has 0 saturated heterocycles. The molecular weight excluding hydrogens is 308 g/mol. The summed E-state index contributed by atoms with van der Waals surface area (Å²) in [4.78, 5) is 0. The fourth-order valence-corrected chi connectivity index (χ4v) is 2.33. The van der Waals surface area contributed by atoms with Crippen LogP contribution < -0.4 is 27.4 Å². The summed E-state index contributed by atoms with van der Waals surface area (Å²) in [5, 5.41) is 0. The molecule has 0 fully saturated rings. The van der Waals surface area contributed by atoms with Crippen LogP contribution in [0, 0.1) is 6.92 Å². The zero-order chi connectivity index (χ0) is 15.4. The zero-order valence-corrected chi connectivity index (χ0v) is 13.7. The Morgan fingerprint density at radius 2 is 1.65 bits per heavy atom. The van der Waals surface area contributed by atoms with Crippen molar-refractivity contribution in [2.24, 2.45) is 0 Å². The molecule has 0 amide bonds. The van der Waals surface area contributed by atoms with E-state index >= 15 is 0 Å². The Balaban J connectivity index is 0.00000192. The Kier molecular flexibility index (Phi) is 5.61. The second-order valence-corrected chi connectivity index (χ2v) is 5.32. The van der Waals surface area contributed by atoms with Gasteiger partial charge in [-0.1, -0.05) is 30.3 Å². The van der Waals surface area contributed by atoms with E-state index in [-0.39, 0.29) is 12.4 Å². The van der Waals surface area contributed by atoms with E-state index in [2.05, 4.69) is 12.1 Å². The van der Waals surface area contributed by atoms with Crippen molar-refractivity contribution in [2.45, 2.75) is 13.5 Å². The highest BCUT2D eigenvalue weighted by Crippen LogP contribution is 2.21. The number of nitrogen functional groups attached to an aromatic ring is 1. The van der Waals surface area contributed by atoms with E-state index in [0.717, 1.165) is 35.0 Å². The number of nitrogens with two attached hydrogens (primary N) is 1. The summed E-state index contributed by atoms with van der Waals surface area (Å²) in [7, 11) is 0. The van der Waals surface area contributed by atoms with Gasteiger partial charge < -0.3 is 17.1 Å². The van der Waals surface area contributed by atoms with E-state index in [4.69, 9.17) is 10.5 Å². The van der Waals surface area contributed by atoms with Crippen molar-refractivity contribution in [1.29, 1.82) is 0 Å². The first-order valence-electron chi connectivity index (χ1n) is 7.28. The molecule has 23 heavy (non-hydrogen) atoms. The molecule has 0 aliphatic rings. The Morgan fingerprint density at radius 3 is 2.39 bits per heavy atom. The fourth-order valence-electron chi connectivity index (χ4n) is 2.33. The maximum absolute atomic E-state index is 6.06. The molecule has 3 nitrogen and oxygen atoms in total. The molecular formula is C19H19ClN2O. The van der Waals surface area contributed by atoms with Crippen LogP contribution in [-0.4, -0.2) is 0 Å². The summed E-state index contributed by atoms with van der Waals surface area (Å²) in [5.41, 5.74) is 8.37. The molecule has 0 unspecified atom stereocenters. The van der Waals surface area contributed by atoms with Crippen LogP contribution >= 0.6 is 0 Å². The number of aryl methyl sites for hydroxylation is 1. The number of ether oxygens (including phenoxy) is 1. The summed E-state index contributed by atoms with van der Waals surface area (Å²) < 4.78 is 7.89. The normalized spacial score (nSPS) is 9.96. The van der Waals surface area contributed by atoms with Crippen LogP contribution in [-0.2, 0) is 6.54 Å². The van der Waals surface area contributed by atoms with E-state index in [9.17, 15) is 0 Å². The lowest BCUT2D eigenvalue weighted by molar-refractivity contribution is -0.674. The van der Waals surface area contributed by atoms with Crippen LogP contribution in [0.15, 0.2) is 72.9 Å². The largest absolute Gasteiger partial charge is 1.00 e. The minimum absolute atomic E-state index is 0. The van der Waals surface area contributed by atoms with E-state index in [1.807, 2.05) is 72.3 Å². The van der Waals surface area contributed by atoms with Crippen molar-refractivity contribution >= 4 is 5.82 Å². The quantitative estimate of drug-likeness (QED) is 0.717. The minimum Gasteiger partial charge on any atom is -1.00 e. The highest BCUT2D eigenvalue weighted by atomic mass is 35.5. The molecule has 2 N–H and O–H groups in total. The first-order chi connectivity index (χ1) is 10.7. The van der Waals surface area contributed by atoms with Gasteiger partial charge in [-0.2, -0.15) is 0 Å². The number of para-hydroxylation sites is 1. The summed E-state index contributed by atoms with van der Waals surface area (Å²) >= 11 is 0. The number of aromatic nitrogens is 1. The third-order valence-corrected chi connectivity index (χ3v) is 3.45. The number of halogens is 1. The van der Waals surface area contributed by atoms with Gasteiger partial charge in [0.2, 0.25) is 0 Å². The molecule has 118 valence electrons. The Morgan fingerprint density at radius 1 is 0.913 bits per heavy atom. The van der Waals surface area contributed by atoms with E-state index < -0.39 is 0 Å². The summed E-state index contributed by atoms with van der Waals surface area (Å²) in [6.45, 7) is 2.76. The highest BCUT2D eigenvalue weighted by molar-refractivity contribution is 5.34. The average molecular weight is 327 g/mol. The highest BCUT2D eigenvalue weighted by Gasteiger charge is 2.06. The standard InChI is InChI=1S/C19H18N2O.ClH/c1-15-10-11-21(19(20)12-15)14-16-6-5-9-18(13-16)22-17-7-3-2-4-8-17;/h2-13,20H,14H2,1H3;1H. The van der Waals surface area contributed by atoms with Gasteiger partial charge in [0.1, 0.15) is 18.0 Å². The number of benzene rings is 2. The fraction of sp³-hybridized carbons (Fsp3) is 0.105. The number of anilines is 1. The van der Waals surface area contributed by atoms with Crippen LogP contribution in [0.4, 0.5) is 5.82 Å². The number of nitrogens with zero attached hydrogens (tertiary/aromatic N) is 1. The monoisotopic (exact) mass is 326 g/mol. The third-order valence-electron chi connectivity index (χ3n) is 3.45. The van der Waals surface area contributed by atoms with Gasteiger partial charge in [-0.05, 0) is 48.4 Å². The van der Waals surface area contributed by atoms with Gasteiger partial charge in [0, 0.05) is 6.07 Å². The van der Waals surface area contributed by atoms with Gasteiger partial charge in [-0.3, -0.25) is 5.73 Å². The number of hydrogen-bond donors (Lipinski definition) is 1. The molecule has 0 saturated carbocycles. The second kappa shape index (κ2) is 7.65. The maximum atomic E-state index is 6.06. The van der Waals surface area contributed by atoms with E-state index in [1.165, 1.54) is 0 Å². The molecule has 3 rings (SSSR count). The van der Waals surface area contributed by atoms with Crippen LogP contribution in [0.25, 0.3) is 0 Å². The molecule has 3 aromatic rings. The van der Waals surface area contributed by atoms with Gasteiger partial charge in [0.05, 0.1) is 6.20 Å². The molecule has 0 atom stereocenters. The van der Waals surface area contributed by atoms with Gasteiger partial charge >= 0.3 is 0 Å². The third kappa shape index (κ3) is 4.47. The lowest BCUT2D eigenvalue weighted by Crippen LogP contribution is -3.00. The van der Waals surface area contributed by atoms with Crippen LogP contribution in [0.1, 0.15) is 11.1 Å². The van der Waals surface area contributed by atoms with Crippen molar-refractivity contribution in [3.05, 3.63) is 84.1 Å². The average Bonchev–Trinajstić information content (AvgIpc) is 2.52. The number of pyridine rings is 1. The zero-order valence-electron chi connectivity index (χ0n) is 12.9. The molecule has 0 aliphatic heterocycles. The van der Waals surface area contributed by atoms with E-state index in [0.29, 0.717) is 0 Å². The molecule has 2 aromatic carbocycles. The smallest absolute Gasteiger partial charge is 0.272 e. The SMILES string of the molecule is Cc1cc[n+](Cc2cccc(Oc3ccccc3)c2)c(N)c1.[Cl-]. The van der Waals surface area contributed by atoms with Gasteiger partial charge in [-0.15, -0.1) is 0 Å². The molecule has 0 aliphatic carbocycles. The lowest BCUT2D eigenvalue weighted by Gasteiger charge is -2.08. The van der Waals surface area contributed by atoms with Crippen LogP contribution in [0.5, 0.6) is 11.5 Å². The molecule has 0 spiro atoms. The van der Waals surface area contributed by atoms with E-state index in [1.54, 1.807) is 0 Å². The first kappa shape index (κ1) is 16.8. The van der Waals surface area contributed by atoms with Crippen LogP contribution in [0.2, 0.25) is 0 Å². The van der Waals surface area contributed by atoms with Gasteiger partial charge in [-0.25, -0.2) is 4.57 Å². The number of hydrogen-bond acceptors (Lipinski definition) is 2. The van der Waals surface area contributed by atoms with Crippen molar-refractivity contribution in [3.8, 4) is 11.5 Å². The van der Waals surface area contributed by atoms with Gasteiger partial charge in [0.15, 0.2) is 0 Å². The number of rotatable bonds is 4. The summed E-state index contributed by atoms with van der Waals surface area (Å²) in [6.07, 6.45) is 2.01. The topological polar surface area (TPSA) is 39.1 Å². The van der Waals surface area contributed by atoms with Crippen molar-refractivity contribution in [2.75, 3.05) is 5.73 Å². The molecule has 1 heterocycles. The Bertz CT molecular complexity index is 775. The van der Waals surface area contributed by atoms with Gasteiger partial charge in [0.25, 0.3) is 5.82 Å². The van der Waals surface area contributed by atoms with Crippen molar-refractivity contribution in [3.63, 3.8) is 0 Å². The predicted octanol–water partition coefficient (Wildman–Crippen LogP) is 0.709. The molecule has 1 aromatic heterocycles. The molecule has 0 bridgehead atoms. The first-order valence-corrected chi connectivity index (χ1v) is 7.28. The lowest BCUT2D eigenvalue weighted by atomic mass is 10.2. The maximum Gasteiger partial charge on any atom is 0.272 e. The predicted molar refractivity (Wildman–Crippen MR) is 87.8 cm³/mol. The second-order valence-electron chi connectivity index (χ2n) is 5.32. The van der Waals surface area contributed by atoms with Crippen LogP contribution in [0.3, 0.4) is 0 Å². The molecule has 0 radical (unpaired) electrons. The summed E-state index contributed by atoms with van der Waals surface area (Å²) in [5.74, 6) is 2.42. The van der Waals surface area contributed by atoms with Crippen molar-refractivity contribution in [1.82, 2.24) is 0 Å². The minimum atomic E-state index is 0.